The number of benzene rings is 7. The average molecular weight is 676 g/mol. The maximum Gasteiger partial charge on any atom is 0.167 e. The first-order valence-electron chi connectivity index (χ1n) is 19.0. The van der Waals surface area contributed by atoms with E-state index < -0.39 is 30.2 Å². The highest BCUT2D eigenvalue weighted by Crippen LogP contribution is 2.42. The van der Waals surface area contributed by atoms with Crippen LogP contribution in [0.4, 0.5) is 0 Å². The summed E-state index contributed by atoms with van der Waals surface area (Å²) in [6.07, 6.45) is 0. The first-order valence-corrected chi connectivity index (χ1v) is 17.4. The molecule has 0 amide bonds. The predicted octanol–water partition coefficient (Wildman–Crippen LogP) is 12.2. The minimum atomic E-state index is -0.486. The van der Waals surface area contributed by atoms with Crippen molar-refractivity contribution in [1.82, 2.24) is 19.5 Å². The Morgan fingerprint density at radius 2 is 1.16 bits per heavy atom. The van der Waals surface area contributed by atoms with Gasteiger partial charge in [0, 0.05) is 58.5 Å². The Hall–Kier alpha value is -6.63. The third-order valence-corrected chi connectivity index (χ3v) is 10.8. The first-order chi connectivity index (χ1) is 27.4. The van der Waals surface area contributed by atoms with Gasteiger partial charge in [0.15, 0.2) is 17.5 Å². The van der Waals surface area contributed by atoms with Gasteiger partial charge in [0.2, 0.25) is 0 Å². The number of hydrogen-bond donors (Lipinski definition) is 0. The molecule has 0 aliphatic carbocycles. The Bertz CT molecular complexity index is 3380. The number of thiophene rings is 1. The zero-order valence-electron chi connectivity index (χ0n) is 31.7. The maximum atomic E-state index is 8.82. The summed E-state index contributed by atoms with van der Waals surface area (Å²) in [6, 6.07) is 40.8. The van der Waals surface area contributed by atoms with Gasteiger partial charge in [-0.1, -0.05) is 115 Å². The quantitative estimate of drug-likeness (QED) is 0.186. The summed E-state index contributed by atoms with van der Waals surface area (Å²) in [4.78, 5) is 14.8. The van der Waals surface area contributed by atoms with Crippen LogP contribution in [0.1, 0.15) is 6.85 Å². The molecule has 0 atom stereocenters. The molecule has 7 aromatic carbocycles. The predicted molar refractivity (Wildman–Crippen MR) is 211 cm³/mol. The van der Waals surface area contributed by atoms with Gasteiger partial charge in [-0.3, -0.25) is 0 Å². The van der Waals surface area contributed by atoms with Gasteiger partial charge < -0.3 is 8.98 Å². The van der Waals surface area contributed by atoms with Crippen molar-refractivity contribution in [1.29, 1.82) is 0 Å². The molecule has 51 heavy (non-hydrogen) atoms. The molecular formula is C45H26N4OS. The number of nitrogens with zero attached hydrogens (tertiary/aromatic N) is 4. The van der Waals surface area contributed by atoms with Crippen LogP contribution in [0.15, 0.2) is 162 Å². The van der Waals surface area contributed by atoms with Crippen LogP contribution in [0.2, 0.25) is 0 Å². The van der Waals surface area contributed by atoms with Crippen molar-refractivity contribution in [3.63, 3.8) is 0 Å². The summed E-state index contributed by atoms with van der Waals surface area (Å²) >= 11 is 1.64. The summed E-state index contributed by atoms with van der Waals surface area (Å²) in [5.41, 5.74) is 5.83. The average Bonchev–Trinajstić information content (AvgIpc) is 3.91. The standard InChI is InChI=1S/C45H26N4OS/c1-2-12-27(13-3-1)43-46-44(35-19-10-17-33-31-16-6-9-23-39(31)50-41(33)35)48-45(47-43)36-20-11-18-34-32-25-24-28(26-40(32)51-42(34)36)49-37-21-7-4-14-29(37)30-15-5-8-22-38(30)49/h1-26H/i1D,2D,3D,12D,13D. The molecule has 0 bridgehead atoms. The van der Waals surface area contributed by atoms with Crippen LogP contribution < -0.4 is 0 Å². The summed E-state index contributed by atoms with van der Waals surface area (Å²) in [5, 5.41) is 6.34. The summed E-state index contributed by atoms with van der Waals surface area (Å²) in [5.74, 6) is 0.541. The third kappa shape index (κ3) is 4.30. The topological polar surface area (TPSA) is 56.7 Å². The highest BCUT2D eigenvalue weighted by molar-refractivity contribution is 7.26. The molecule has 5 nitrogen and oxygen atoms in total. The van der Waals surface area contributed by atoms with E-state index in [0.717, 1.165) is 53.2 Å². The maximum absolute atomic E-state index is 8.82. The molecule has 0 unspecified atom stereocenters. The van der Waals surface area contributed by atoms with Gasteiger partial charge in [0.05, 0.1) is 23.5 Å². The van der Waals surface area contributed by atoms with Crippen LogP contribution in [-0.2, 0) is 0 Å². The zero-order valence-corrected chi connectivity index (χ0v) is 27.5. The molecule has 0 aliphatic rings. The van der Waals surface area contributed by atoms with Gasteiger partial charge in [-0.25, -0.2) is 15.0 Å². The van der Waals surface area contributed by atoms with Crippen molar-refractivity contribution < 1.29 is 11.3 Å². The van der Waals surface area contributed by atoms with Gasteiger partial charge in [0.25, 0.3) is 0 Å². The summed E-state index contributed by atoms with van der Waals surface area (Å²) in [6.45, 7) is 0. The van der Waals surface area contributed by atoms with E-state index in [1.54, 1.807) is 11.3 Å². The van der Waals surface area contributed by atoms with E-state index >= 15 is 0 Å². The molecule has 6 heteroatoms. The normalized spacial score (nSPS) is 13.3. The Balaban J connectivity index is 1.16. The first kappa shape index (κ1) is 23.7. The molecule has 0 N–H and O–H groups in total. The fourth-order valence-corrected chi connectivity index (χ4v) is 8.56. The van der Waals surface area contributed by atoms with Gasteiger partial charge in [0.1, 0.15) is 11.2 Å². The Morgan fingerprint density at radius 1 is 0.529 bits per heavy atom. The number of aromatic nitrogens is 4. The number of rotatable bonds is 4. The second kappa shape index (κ2) is 10.9. The summed E-state index contributed by atoms with van der Waals surface area (Å²) < 4.78 is 53.4. The van der Waals surface area contributed by atoms with E-state index in [4.69, 9.17) is 26.2 Å². The van der Waals surface area contributed by atoms with E-state index in [0.29, 0.717) is 22.6 Å². The second-order valence-corrected chi connectivity index (χ2v) is 13.5. The minimum absolute atomic E-state index is 0.0260. The molecular weight excluding hydrogens is 645 g/mol. The molecule has 11 rings (SSSR count). The lowest BCUT2D eigenvalue weighted by Gasteiger charge is -2.09. The van der Waals surface area contributed by atoms with Crippen molar-refractivity contribution in [2.75, 3.05) is 0 Å². The molecule has 11 aromatic rings. The smallest absolute Gasteiger partial charge is 0.167 e. The van der Waals surface area contributed by atoms with E-state index in [2.05, 4.69) is 77.4 Å². The van der Waals surface area contributed by atoms with Crippen LogP contribution in [0.25, 0.3) is 104 Å². The second-order valence-electron chi connectivity index (χ2n) is 12.4. The lowest BCUT2D eigenvalue weighted by atomic mass is 10.1. The van der Waals surface area contributed by atoms with Crippen molar-refractivity contribution in [2.24, 2.45) is 0 Å². The Labute approximate surface area is 302 Å². The molecule has 0 saturated carbocycles. The highest BCUT2D eigenvalue weighted by Gasteiger charge is 2.20. The van der Waals surface area contributed by atoms with Gasteiger partial charge in [-0.05, 0) is 42.5 Å². The van der Waals surface area contributed by atoms with E-state index in [1.165, 1.54) is 10.8 Å². The molecule has 4 aromatic heterocycles. The Morgan fingerprint density at radius 3 is 1.94 bits per heavy atom. The third-order valence-electron chi connectivity index (χ3n) is 9.57. The molecule has 0 aliphatic heterocycles. The van der Waals surface area contributed by atoms with Crippen LogP contribution in [0.5, 0.6) is 0 Å². The van der Waals surface area contributed by atoms with Crippen molar-refractivity contribution in [2.45, 2.75) is 0 Å². The number of furan rings is 1. The molecule has 4 heterocycles. The van der Waals surface area contributed by atoms with Gasteiger partial charge in [-0.2, -0.15) is 0 Å². The van der Waals surface area contributed by atoms with Crippen molar-refractivity contribution in [3.05, 3.63) is 158 Å². The lowest BCUT2D eigenvalue weighted by Crippen LogP contribution is -2.00. The highest BCUT2D eigenvalue weighted by atomic mass is 32.1. The fourth-order valence-electron chi connectivity index (χ4n) is 7.32. The van der Waals surface area contributed by atoms with Crippen LogP contribution >= 0.6 is 11.3 Å². The SMILES string of the molecule is [2H]c1c([2H])c([2H])c(-c2nc(-c3cccc4c3oc3ccccc34)nc(-c3cccc4c3sc3cc(-n5c6ccccc6c6ccccc65)ccc34)n2)c([2H])c1[2H]. The van der Waals surface area contributed by atoms with Crippen LogP contribution in [0.3, 0.4) is 0 Å². The van der Waals surface area contributed by atoms with E-state index in [9.17, 15) is 0 Å². The largest absolute Gasteiger partial charge is 0.455 e. The fraction of sp³-hybridized carbons (Fsp3) is 0. The molecule has 0 saturated heterocycles. The van der Waals surface area contributed by atoms with Gasteiger partial charge in [-0.15, -0.1) is 11.3 Å². The van der Waals surface area contributed by atoms with E-state index in [-0.39, 0.29) is 17.2 Å². The molecule has 0 fully saturated rings. The van der Waals surface area contributed by atoms with E-state index in [1.807, 2.05) is 54.6 Å². The lowest BCUT2D eigenvalue weighted by molar-refractivity contribution is 0.669. The van der Waals surface area contributed by atoms with Crippen LogP contribution in [-0.4, -0.2) is 19.5 Å². The monoisotopic (exact) mass is 675 g/mol. The minimum Gasteiger partial charge on any atom is -0.455 e. The molecule has 238 valence electrons. The van der Waals surface area contributed by atoms with Crippen LogP contribution in [0, 0.1) is 0 Å². The number of fused-ring (bicyclic) bond motifs is 9. The number of para-hydroxylation sites is 4. The summed E-state index contributed by atoms with van der Waals surface area (Å²) in [7, 11) is 0. The molecule has 0 radical (unpaired) electrons. The van der Waals surface area contributed by atoms with Gasteiger partial charge >= 0.3 is 0 Å². The zero-order chi connectivity index (χ0) is 37.8. The van der Waals surface area contributed by atoms with Crippen molar-refractivity contribution in [3.8, 4) is 39.9 Å². The molecule has 0 spiro atoms. The number of hydrogen-bond acceptors (Lipinski definition) is 5. The Kier molecular flexibility index (Phi) is 5.08. The van der Waals surface area contributed by atoms with Crippen molar-refractivity contribution >= 4 is 75.3 Å².